The van der Waals surface area contributed by atoms with Crippen molar-refractivity contribution in [2.45, 2.75) is 73.0 Å². The van der Waals surface area contributed by atoms with Crippen molar-refractivity contribution < 1.29 is 36.5 Å². The molecule has 1 saturated carbocycles. The Kier molecular flexibility index (Phi) is 8.45. The molecule has 53 heavy (non-hydrogen) atoms. The normalized spacial score (nSPS) is 23.4. The third-order valence-corrected chi connectivity index (χ3v) is 12.6. The predicted octanol–water partition coefficient (Wildman–Crippen LogP) is 7.38. The molecule has 4 aromatic rings. The second-order valence-corrected chi connectivity index (χ2v) is 16.5. The van der Waals surface area contributed by atoms with E-state index in [0.717, 1.165) is 83.3 Å². The van der Waals surface area contributed by atoms with Gasteiger partial charge in [0.05, 0.1) is 24.4 Å². The molecule has 3 aromatic carbocycles. The first kappa shape index (κ1) is 34.8. The molecule has 5 heterocycles. The van der Waals surface area contributed by atoms with Crippen molar-refractivity contribution in [2.75, 3.05) is 50.8 Å². The highest BCUT2D eigenvalue weighted by Crippen LogP contribution is 2.50. The smallest absolute Gasteiger partial charge is 0.446 e. The summed E-state index contributed by atoms with van der Waals surface area (Å²) in [6, 6.07) is 6.33. The van der Waals surface area contributed by atoms with Crippen LogP contribution in [0.2, 0.25) is 0 Å². The number of piperidine rings is 1. The van der Waals surface area contributed by atoms with Crippen LogP contribution in [0.4, 0.5) is 27.8 Å². The minimum atomic E-state index is -4.82. The van der Waals surface area contributed by atoms with Gasteiger partial charge in [-0.3, -0.25) is 0 Å². The number of nitrogens with zero attached hydrogens (tertiary/aromatic N) is 4. The molecule has 2 N–H and O–H groups in total. The molecule has 8 nitrogen and oxygen atoms in total. The molecule has 9 rings (SSSR count). The Balaban J connectivity index is 1.15. The molecular weight excluding hydrogens is 714 g/mol. The molecule has 4 aliphatic heterocycles. The highest BCUT2D eigenvalue weighted by atomic mass is 32.2. The van der Waals surface area contributed by atoms with Gasteiger partial charge in [-0.25, -0.2) is 8.78 Å². The molecular formula is C39H38F5N5O3S. The predicted molar refractivity (Wildman–Crippen MR) is 192 cm³/mol. The average molecular weight is 752 g/mol. The van der Waals surface area contributed by atoms with Gasteiger partial charge in [0.2, 0.25) is 0 Å². The van der Waals surface area contributed by atoms with Crippen LogP contribution in [0.5, 0.6) is 11.8 Å². The Morgan fingerprint density at radius 3 is 2.42 bits per heavy atom. The van der Waals surface area contributed by atoms with Gasteiger partial charge in [-0.15, -0.1) is 6.42 Å². The zero-order valence-electron chi connectivity index (χ0n) is 28.9. The summed E-state index contributed by atoms with van der Waals surface area (Å²) in [6.45, 7) is 4.94. The lowest BCUT2D eigenvalue weighted by molar-refractivity contribution is -0.173. The number of phenolic OH excluding ortho intramolecular Hbond substituents is 1. The minimum Gasteiger partial charge on any atom is -0.508 e. The number of rotatable bonds is 8. The Labute approximate surface area is 307 Å². The van der Waals surface area contributed by atoms with Crippen LogP contribution in [-0.4, -0.2) is 89.1 Å². The highest BCUT2D eigenvalue weighted by Gasteiger charge is 2.48. The first-order valence-electron chi connectivity index (χ1n) is 18.1. The molecule has 14 heteroatoms. The van der Waals surface area contributed by atoms with E-state index in [1.165, 1.54) is 18.2 Å². The summed E-state index contributed by atoms with van der Waals surface area (Å²) in [7, 11) is 0. The molecule has 2 atom stereocenters. The van der Waals surface area contributed by atoms with Gasteiger partial charge in [-0.05, 0) is 91.9 Å². The number of thioether (sulfide) groups is 1. The van der Waals surface area contributed by atoms with Gasteiger partial charge in [0.15, 0.2) is 5.82 Å². The maximum atomic E-state index is 17.4. The van der Waals surface area contributed by atoms with E-state index in [4.69, 9.17) is 20.9 Å². The molecule has 1 aliphatic carbocycles. The highest BCUT2D eigenvalue weighted by molar-refractivity contribution is 8.00. The summed E-state index contributed by atoms with van der Waals surface area (Å²) in [4.78, 5) is 13.3. The number of nitrogens with one attached hydrogen (secondary N) is 1. The number of fused-ring (bicyclic) bond motifs is 4. The summed E-state index contributed by atoms with van der Waals surface area (Å²) >= 11 is -0.498. The van der Waals surface area contributed by atoms with Crippen molar-refractivity contribution in [2.24, 2.45) is 5.41 Å². The summed E-state index contributed by atoms with van der Waals surface area (Å²) < 4.78 is 87.5. The Morgan fingerprint density at radius 1 is 1.04 bits per heavy atom. The van der Waals surface area contributed by atoms with Gasteiger partial charge in [0.25, 0.3) is 0 Å². The van der Waals surface area contributed by atoms with Crippen molar-refractivity contribution in [3.63, 3.8) is 0 Å². The van der Waals surface area contributed by atoms with E-state index in [9.17, 15) is 18.3 Å². The van der Waals surface area contributed by atoms with Crippen molar-refractivity contribution in [1.82, 2.24) is 20.2 Å². The zero-order chi connectivity index (χ0) is 36.7. The largest absolute Gasteiger partial charge is 0.508 e. The fourth-order valence-electron chi connectivity index (χ4n) is 8.78. The van der Waals surface area contributed by atoms with Gasteiger partial charge in [0, 0.05) is 71.5 Å². The molecule has 1 aromatic heterocycles. The number of hydrogen-bond donors (Lipinski definition) is 2. The van der Waals surface area contributed by atoms with Gasteiger partial charge in [-0.2, -0.15) is 23.1 Å². The van der Waals surface area contributed by atoms with Gasteiger partial charge >= 0.3 is 11.5 Å². The van der Waals surface area contributed by atoms with E-state index in [1.54, 1.807) is 0 Å². The molecule has 5 aliphatic rings. The maximum absolute atomic E-state index is 17.4. The van der Waals surface area contributed by atoms with Crippen LogP contribution in [0.3, 0.4) is 0 Å². The van der Waals surface area contributed by atoms with E-state index >= 15 is 8.78 Å². The molecule has 4 saturated heterocycles. The Bertz CT molecular complexity index is 2150. The number of terminal acetylenes is 1. The molecule has 1 spiro atoms. The van der Waals surface area contributed by atoms with Gasteiger partial charge < -0.3 is 29.7 Å². The molecule has 0 radical (unpaired) electrons. The Morgan fingerprint density at radius 2 is 1.77 bits per heavy atom. The monoisotopic (exact) mass is 751 g/mol. The van der Waals surface area contributed by atoms with Crippen LogP contribution in [0.15, 0.2) is 35.2 Å². The number of phenols is 1. The topological polar surface area (TPSA) is 83.0 Å². The lowest BCUT2D eigenvalue weighted by Crippen LogP contribution is -2.53. The number of benzene rings is 3. The van der Waals surface area contributed by atoms with Crippen molar-refractivity contribution >= 4 is 39.3 Å². The number of halogens is 5. The Hall–Kier alpha value is -3.90. The molecule has 2 bridgehead atoms. The van der Waals surface area contributed by atoms with Crippen LogP contribution in [0, 0.1) is 29.4 Å². The van der Waals surface area contributed by atoms with Crippen molar-refractivity contribution in [3.8, 4) is 35.2 Å². The van der Waals surface area contributed by atoms with Crippen LogP contribution >= 0.6 is 11.8 Å². The lowest BCUT2D eigenvalue weighted by atomic mass is 9.84. The number of hydrogen-bond acceptors (Lipinski definition) is 9. The number of ether oxygens (including phenoxy) is 2. The van der Waals surface area contributed by atoms with E-state index in [-0.39, 0.29) is 67.7 Å². The number of aromatic hydroxyl groups is 1. The molecule has 5 fully saturated rings. The second kappa shape index (κ2) is 12.9. The first-order valence-corrected chi connectivity index (χ1v) is 18.9. The number of anilines is 1. The maximum Gasteiger partial charge on any atom is 0.446 e. The van der Waals surface area contributed by atoms with E-state index in [0.29, 0.717) is 25.5 Å². The summed E-state index contributed by atoms with van der Waals surface area (Å²) in [6.07, 6.45) is 12.6. The molecule has 0 amide bonds. The van der Waals surface area contributed by atoms with Gasteiger partial charge in [0.1, 0.15) is 22.9 Å². The number of alkyl halides is 3. The van der Waals surface area contributed by atoms with E-state index in [2.05, 4.69) is 21.1 Å². The second-order valence-electron chi connectivity index (χ2n) is 15.4. The summed E-state index contributed by atoms with van der Waals surface area (Å²) in [5.74, 6) is 0.319. The number of aromatic nitrogens is 2. The van der Waals surface area contributed by atoms with Crippen LogP contribution < -0.4 is 15.0 Å². The zero-order valence-corrected chi connectivity index (χ0v) is 29.7. The lowest BCUT2D eigenvalue weighted by Gasteiger charge is -2.48. The van der Waals surface area contributed by atoms with Crippen LogP contribution in [0.25, 0.3) is 32.8 Å². The number of likely N-dealkylation sites (tertiary alicyclic amines) is 1. The van der Waals surface area contributed by atoms with Crippen LogP contribution in [0.1, 0.15) is 50.5 Å². The summed E-state index contributed by atoms with van der Waals surface area (Å²) in [5, 5.41) is 14.6. The third kappa shape index (κ3) is 6.53. The van der Waals surface area contributed by atoms with Crippen LogP contribution in [-0.2, 0) is 4.74 Å². The molecule has 278 valence electrons. The fourth-order valence-corrected chi connectivity index (χ4v) is 9.51. The fraction of sp³-hybridized carbons (Fsp3) is 0.487. The van der Waals surface area contributed by atoms with E-state index < -0.39 is 39.4 Å². The standard InChI is InChI=1S/C39H38F5N5O3S/c1-2-26-29(40)6-3-22-15-25(50)16-27(31(22)26)32-30(53-39(42,43)44)17-28-34(33(32)41)46-36(47-35(28)49-18-23-4-5-24(19-49)45-23)51-21-37(7-8-37)20-48-12-9-38(10-13-48)11-14-52-38/h1,3,6,15-17,23-24,45,50H,4-5,7-14,18-21H2. The van der Waals surface area contributed by atoms with Crippen molar-refractivity contribution in [1.29, 1.82) is 0 Å². The minimum absolute atomic E-state index is 0.000173. The quantitative estimate of drug-likeness (QED) is 0.109. The van der Waals surface area contributed by atoms with E-state index in [1.807, 2.05) is 4.90 Å². The summed E-state index contributed by atoms with van der Waals surface area (Å²) in [5.41, 5.74) is -6.07. The van der Waals surface area contributed by atoms with Crippen molar-refractivity contribution in [3.05, 3.63) is 47.5 Å². The SMILES string of the molecule is C#Cc1c(F)ccc2cc(O)cc(-c3c(SC(F)(F)F)cc4c(N5CC6CCC(C5)N6)nc(OCC5(CN6CCC7(CCO7)CC6)CC5)nc4c3F)c12. The van der Waals surface area contributed by atoms with Gasteiger partial charge in [-0.1, -0.05) is 12.0 Å². The average Bonchev–Trinajstić information content (AvgIpc) is 3.79. The number of piperazine rings is 1. The molecule has 2 unspecified atom stereocenters. The first-order chi connectivity index (χ1) is 25.4. The third-order valence-electron chi connectivity index (χ3n) is 11.8.